The number of unbranched alkanes of at least 4 members (excludes halogenated alkanes) is 15. The van der Waals surface area contributed by atoms with Gasteiger partial charge in [0.25, 0.3) is 0 Å². The summed E-state index contributed by atoms with van der Waals surface area (Å²) >= 11 is 0. The molecule has 0 heterocycles. The molecule has 0 radical (unpaired) electrons. The Morgan fingerprint density at radius 1 is 0.700 bits per heavy atom. The van der Waals surface area contributed by atoms with Crippen LogP contribution < -0.4 is 5.32 Å². The van der Waals surface area contributed by atoms with Gasteiger partial charge in [-0.25, -0.2) is 4.79 Å². The van der Waals surface area contributed by atoms with Gasteiger partial charge in [-0.05, 0) is 12.3 Å². The number of carbonyl (C=O) groups excluding carboxylic acids is 2. The van der Waals surface area contributed by atoms with Crippen molar-refractivity contribution >= 4 is 11.9 Å². The molecule has 0 saturated carbocycles. The number of amides is 1. The Morgan fingerprint density at radius 2 is 1.13 bits per heavy atom. The fraction of sp³-hybridized carbons (Fsp3) is 0.846. The molecule has 30 heavy (non-hydrogen) atoms. The average molecular weight is 424 g/mol. The van der Waals surface area contributed by atoms with E-state index in [1.807, 2.05) is 13.8 Å². The van der Waals surface area contributed by atoms with Crippen LogP contribution in [-0.2, 0) is 14.3 Å². The molecule has 0 aromatic rings. The molecular weight excluding hydrogens is 374 g/mol. The van der Waals surface area contributed by atoms with Crippen LogP contribution in [0.15, 0.2) is 12.2 Å². The second-order valence-electron chi connectivity index (χ2n) is 8.95. The third-order valence-electron chi connectivity index (χ3n) is 5.26. The smallest absolute Gasteiger partial charge is 0.330 e. The minimum absolute atomic E-state index is 0.225. The van der Waals surface area contributed by atoms with Crippen LogP contribution in [0.25, 0.3) is 0 Å². The summed E-state index contributed by atoms with van der Waals surface area (Å²) in [6, 6.07) is 0. The number of nitrogens with one attached hydrogen (secondary N) is 1. The first kappa shape index (κ1) is 28.7. The zero-order valence-corrected chi connectivity index (χ0v) is 20.2. The molecule has 4 nitrogen and oxygen atoms in total. The summed E-state index contributed by atoms with van der Waals surface area (Å²) in [6.45, 7) is 7.27. The van der Waals surface area contributed by atoms with Gasteiger partial charge in [-0.15, -0.1) is 0 Å². The molecule has 0 aliphatic carbocycles. The SMILES string of the molecule is CCCCCCCCCCCCCCCCCCNC(=O)C=CC(=O)OCC(C)C. The summed E-state index contributed by atoms with van der Waals surface area (Å²) in [5, 5.41) is 2.82. The molecule has 1 N–H and O–H groups in total. The lowest BCUT2D eigenvalue weighted by atomic mass is 10.0. The van der Waals surface area contributed by atoms with Gasteiger partial charge in [0.1, 0.15) is 0 Å². The number of ether oxygens (including phenoxy) is 1. The zero-order valence-electron chi connectivity index (χ0n) is 20.2. The standard InChI is InChI=1S/C26H49NO3/c1-4-5-6-7-8-9-10-11-12-13-14-15-16-17-18-19-22-27-25(28)20-21-26(29)30-23-24(2)3/h20-21,24H,4-19,22-23H2,1-3H3,(H,27,28). The predicted molar refractivity (Wildman–Crippen MR) is 127 cm³/mol. The highest BCUT2D eigenvalue weighted by atomic mass is 16.5. The van der Waals surface area contributed by atoms with E-state index in [2.05, 4.69) is 12.2 Å². The summed E-state index contributed by atoms with van der Waals surface area (Å²) in [5.74, 6) is -0.384. The van der Waals surface area contributed by atoms with E-state index in [9.17, 15) is 9.59 Å². The van der Waals surface area contributed by atoms with Gasteiger partial charge in [0.05, 0.1) is 6.61 Å². The summed E-state index contributed by atoms with van der Waals surface area (Å²) in [7, 11) is 0. The summed E-state index contributed by atoms with van der Waals surface area (Å²) in [6.07, 6.45) is 23.9. The highest BCUT2D eigenvalue weighted by molar-refractivity contribution is 5.94. The first-order valence-electron chi connectivity index (χ1n) is 12.7. The van der Waals surface area contributed by atoms with Crippen LogP contribution >= 0.6 is 0 Å². The van der Waals surface area contributed by atoms with Crippen molar-refractivity contribution in [1.82, 2.24) is 5.32 Å². The molecule has 0 aromatic carbocycles. The quantitative estimate of drug-likeness (QED) is 0.121. The van der Waals surface area contributed by atoms with E-state index in [-0.39, 0.29) is 5.91 Å². The molecule has 0 aromatic heterocycles. The largest absolute Gasteiger partial charge is 0.462 e. The van der Waals surface area contributed by atoms with E-state index in [1.54, 1.807) is 0 Å². The topological polar surface area (TPSA) is 55.4 Å². The highest BCUT2D eigenvalue weighted by Crippen LogP contribution is 2.13. The van der Waals surface area contributed by atoms with Gasteiger partial charge in [-0.2, -0.15) is 0 Å². The van der Waals surface area contributed by atoms with E-state index in [0.717, 1.165) is 12.8 Å². The number of hydrogen-bond donors (Lipinski definition) is 1. The molecule has 0 atom stereocenters. The molecule has 0 rings (SSSR count). The van der Waals surface area contributed by atoms with Crippen molar-refractivity contribution < 1.29 is 14.3 Å². The van der Waals surface area contributed by atoms with Crippen molar-refractivity contribution in [2.24, 2.45) is 5.92 Å². The number of carbonyl (C=O) groups is 2. The van der Waals surface area contributed by atoms with Crippen molar-refractivity contribution in [1.29, 1.82) is 0 Å². The normalized spacial score (nSPS) is 11.3. The van der Waals surface area contributed by atoms with Crippen LogP contribution in [0.4, 0.5) is 0 Å². The molecule has 0 aliphatic heterocycles. The Balaban J connectivity index is 3.29. The lowest BCUT2D eigenvalue weighted by molar-refractivity contribution is -0.139. The maximum Gasteiger partial charge on any atom is 0.330 e. The summed E-state index contributed by atoms with van der Waals surface area (Å²) in [5.41, 5.74) is 0. The second kappa shape index (κ2) is 22.4. The van der Waals surface area contributed by atoms with Crippen molar-refractivity contribution in [2.75, 3.05) is 13.2 Å². The van der Waals surface area contributed by atoms with Crippen molar-refractivity contribution in [3.63, 3.8) is 0 Å². The van der Waals surface area contributed by atoms with Crippen LogP contribution in [-0.4, -0.2) is 25.0 Å². The second-order valence-corrected chi connectivity index (χ2v) is 8.95. The molecular formula is C26H49NO3. The molecule has 4 heteroatoms. The van der Waals surface area contributed by atoms with E-state index >= 15 is 0 Å². The van der Waals surface area contributed by atoms with Crippen molar-refractivity contribution in [3.05, 3.63) is 12.2 Å². The molecule has 0 unspecified atom stereocenters. The lowest BCUT2D eigenvalue weighted by Crippen LogP contribution is -2.22. The highest BCUT2D eigenvalue weighted by Gasteiger charge is 2.01. The van der Waals surface area contributed by atoms with Crippen LogP contribution in [0.5, 0.6) is 0 Å². The van der Waals surface area contributed by atoms with Crippen LogP contribution in [0.1, 0.15) is 124 Å². The third-order valence-corrected chi connectivity index (χ3v) is 5.26. The fourth-order valence-corrected chi connectivity index (χ4v) is 3.38. The lowest BCUT2D eigenvalue weighted by Gasteiger charge is -2.05. The van der Waals surface area contributed by atoms with Gasteiger partial charge < -0.3 is 10.1 Å². The first-order chi connectivity index (χ1) is 14.6. The van der Waals surface area contributed by atoms with Crippen molar-refractivity contribution in [3.8, 4) is 0 Å². The first-order valence-corrected chi connectivity index (χ1v) is 12.7. The Morgan fingerprint density at radius 3 is 1.57 bits per heavy atom. The zero-order chi connectivity index (χ0) is 22.3. The molecule has 1 amide bonds. The molecule has 0 saturated heterocycles. The van der Waals surface area contributed by atoms with Gasteiger partial charge in [0.2, 0.25) is 5.91 Å². The Hall–Kier alpha value is -1.32. The minimum Gasteiger partial charge on any atom is -0.462 e. The third kappa shape index (κ3) is 23.0. The van der Waals surface area contributed by atoms with Gasteiger partial charge in [-0.3, -0.25) is 4.79 Å². The number of rotatable bonds is 21. The van der Waals surface area contributed by atoms with E-state index in [0.29, 0.717) is 19.1 Å². The van der Waals surface area contributed by atoms with Gasteiger partial charge in [0.15, 0.2) is 0 Å². The average Bonchev–Trinajstić information content (AvgIpc) is 2.72. The maximum absolute atomic E-state index is 11.6. The molecule has 176 valence electrons. The predicted octanol–water partition coefficient (Wildman–Crippen LogP) is 7.12. The Bertz CT molecular complexity index is 432. The van der Waals surface area contributed by atoms with Crippen LogP contribution in [0.2, 0.25) is 0 Å². The van der Waals surface area contributed by atoms with Gasteiger partial charge in [0, 0.05) is 18.7 Å². The fourth-order valence-electron chi connectivity index (χ4n) is 3.38. The van der Waals surface area contributed by atoms with Gasteiger partial charge in [-0.1, -0.05) is 117 Å². The number of esters is 1. The van der Waals surface area contributed by atoms with Crippen molar-refractivity contribution in [2.45, 2.75) is 124 Å². The van der Waals surface area contributed by atoms with Gasteiger partial charge >= 0.3 is 5.97 Å². The summed E-state index contributed by atoms with van der Waals surface area (Å²) < 4.78 is 4.99. The van der Waals surface area contributed by atoms with Crippen LogP contribution in [0, 0.1) is 5.92 Å². The molecule has 0 fully saturated rings. The summed E-state index contributed by atoms with van der Waals surface area (Å²) in [4.78, 5) is 23.0. The Labute approximate surface area is 186 Å². The van der Waals surface area contributed by atoms with Crippen LogP contribution in [0.3, 0.4) is 0 Å². The molecule has 0 spiro atoms. The molecule has 0 bridgehead atoms. The van der Waals surface area contributed by atoms with E-state index in [4.69, 9.17) is 4.74 Å². The number of hydrogen-bond acceptors (Lipinski definition) is 3. The maximum atomic E-state index is 11.6. The monoisotopic (exact) mass is 423 g/mol. The Kier molecular flexibility index (Phi) is 21.4. The van der Waals surface area contributed by atoms with E-state index < -0.39 is 5.97 Å². The molecule has 0 aliphatic rings. The minimum atomic E-state index is -0.457. The van der Waals surface area contributed by atoms with E-state index in [1.165, 1.54) is 102 Å².